The Bertz CT molecular complexity index is 352. The highest BCUT2D eigenvalue weighted by atomic mass is 16.6. The Morgan fingerprint density at radius 3 is 0.964 bits per heavy atom. The molecule has 0 unspecified atom stereocenters. The molecule has 0 N–H and O–H groups in total. The molecule has 0 saturated carbocycles. The number of ether oxygens (including phenoxy) is 1. The van der Waals surface area contributed by atoms with Crippen molar-refractivity contribution in [3.63, 3.8) is 0 Å². The molecule has 0 amide bonds. The number of hydrogen-bond donors (Lipinski definition) is 0. The number of carbonyl (C=O) groups is 2. The Morgan fingerprint density at radius 1 is 0.429 bits per heavy atom. The largest absolute Gasteiger partial charge is 0.393 e. The normalized spacial score (nSPS) is 10.9. The quantitative estimate of drug-likeness (QED) is 0.111. The highest BCUT2D eigenvalue weighted by Crippen LogP contribution is 2.13. The molecule has 0 aromatic heterocycles. The SMILES string of the molecule is CCCCCCCCCCCCC(=O)OC(=O)CCCCCCCCCCC. The van der Waals surface area contributed by atoms with Crippen molar-refractivity contribution in [3.05, 3.63) is 0 Å². The molecular formula is C25H48O3. The van der Waals surface area contributed by atoms with Crippen molar-refractivity contribution < 1.29 is 14.3 Å². The van der Waals surface area contributed by atoms with Crippen LogP contribution in [0.2, 0.25) is 0 Å². The second kappa shape index (κ2) is 22.4. The van der Waals surface area contributed by atoms with E-state index < -0.39 is 0 Å². The van der Waals surface area contributed by atoms with E-state index >= 15 is 0 Å². The van der Waals surface area contributed by atoms with E-state index in [9.17, 15) is 9.59 Å². The molecule has 0 radical (unpaired) electrons. The average molecular weight is 397 g/mol. The molecule has 0 spiro atoms. The highest BCUT2D eigenvalue weighted by Gasteiger charge is 2.09. The van der Waals surface area contributed by atoms with E-state index in [2.05, 4.69) is 13.8 Å². The first kappa shape index (κ1) is 27.1. The summed E-state index contributed by atoms with van der Waals surface area (Å²) in [6.45, 7) is 4.48. The third-order valence-electron chi connectivity index (χ3n) is 5.45. The van der Waals surface area contributed by atoms with Gasteiger partial charge in [0.2, 0.25) is 0 Å². The number of unbranched alkanes of at least 4 members (excludes halogenated alkanes) is 17. The van der Waals surface area contributed by atoms with Gasteiger partial charge in [-0.1, -0.05) is 123 Å². The maximum absolute atomic E-state index is 11.7. The lowest BCUT2D eigenvalue weighted by molar-refractivity contribution is -0.159. The fraction of sp³-hybridized carbons (Fsp3) is 0.920. The maximum Gasteiger partial charge on any atom is 0.313 e. The van der Waals surface area contributed by atoms with Crippen LogP contribution in [0.1, 0.15) is 149 Å². The van der Waals surface area contributed by atoms with E-state index in [4.69, 9.17) is 4.74 Å². The molecule has 3 heteroatoms. The third kappa shape index (κ3) is 21.4. The molecule has 0 aromatic carbocycles. The van der Waals surface area contributed by atoms with Crippen LogP contribution < -0.4 is 0 Å². The molecular weight excluding hydrogens is 348 g/mol. The summed E-state index contributed by atoms with van der Waals surface area (Å²) in [7, 11) is 0. The molecule has 0 aromatic rings. The maximum atomic E-state index is 11.7. The molecule has 0 bridgehead atoms. The molecule has 0 heterocycles. The Hall–Kier alpha value is -0.860. The fourth-order valence-electron chi connectivity index (χ4n) is 3.57. The number of rotatable bonds is 21. The molecule has 0 aliphatic carbocycles. The number of hydrogen-bond acceptors (Lipinski definition) is 3. The lowest BCUT2D eigenvalue weighted by Gasteiger charge is -2.04. The van der Waals surface area contributed by atoms with Gasteiger partial charge >= 0.3 is 11.9 Å². The van der Waals surface area contributed by atoms with Gasteiger partial charge in [0.15, 0.2) is 0 Å². The van der Waals surface area contributed by atoms with E-state index in [0.29, 0.717) is 12.8 Å². The van der Waals surface area contributed by atoms with Gasteiger partial charge in [-0.15, -0.1) is 0 Å². The molecule has 3 nitrogen and oxygen atoms in total. The zero-order valence-corrected chi connectivity index (χ0v) is 19.1. The molecule has 0 fully saturated rings. The van der Waals surface area contributed by atoms with Crippen LogP contribution in [0.4, 0.5) is 0 Å². The molecule has 0 aliphatic heterocycles. The van der Waals surface area contributed by atoms with Crippen molar-refractivity contribution in [2.45, 2.75) is 149 Å². The lowest BCUT2D eigenvalue weighted by Crippen LogP contribution is -2.11. The second-order valence-corrected chi connectivity index (χ2v) is 8.36. The van der Waals surface area contributed by atoms with Gasteiger partial charge in [0.05, 0.1) is 0 Å². The standard InChI is InChI=1S/C25H48O3/c1-3-5-7-9-11-13-15-17-19-21-23-25(27)28-24(26)22-20-18-16-14-12-10-8-6-4-2/h3-23H2,1-2H3. The monoisotopic (exact) mass is 396 g/mol. The molecule has 0 rings (SSSR count). The van der Waals surface area contributed by atoms with Crippen LogP contribution in [-0.2, 0) is 14.3 Å². The van der Waals surface area contributed by atoms with Crippen molar-refractivity contribution in [1.82, 2.24) is 0 Å². The van der Waals surface area contributed by atoms with Crippen molar-refractivity contribution in [1.29, 1.82) is 0 Å². The van der Waals surface area contributed by atoms with Crippen LogP contribution in [0.5, 0.6) is 0 Å². The summed E-state index contributed by atoms with van der Waals surface area (Å²) in [6, 6.07) is 0. The molecule has 0 aliphatic rings. The van der Waals surface area contributed by atoms with Crippen molar-refractivity contribution >= 4 is 11.9 Å². The van der Waals surface area contributed by atoms with E-state index in [1.165, 1.54) is 96.3 Å². The van der Waals surface area contributed by atoms with Crippen molar-refractivity contribution in [3.8, 4) is 0 Å². The van der Waals surface area contributed by atoms with E-state index in [0.717, 1.165) is 25.7 Å². The Morgan fingerprint density at radius 2 is 0.679 bits per heavy atom. The van der Waals surface area contributed by atoms with Gasteiger partial charge < -0.3 is 4.74 Å². The fourth-order valence-corrected chi connectivity index (χ4v) is 3.57. The summed E-state index contributed by atoms with van der Waals surface area (Å²) in [6.07, 6.45) is 24.2. The average Bonchev–Trinajstić information content (AvgIpc) is 2.68. The predicted octanol–water partition coefficient (Wildman–Crippen LogP) is 8.29. The summed E-state index contributed by atoms with van der Waals surface area (Å²) < 4.78 is 4.93. The first-order valence-corrected chi connectivity index (χ1v) is 12.4. The summed E-state index contributed by atoms with van der Waals surface area (Å²) in [5, 5.41) is 0. The Kier molecular flexibility index (Phi) is 21.7. The molecule has 28 heavy (non-hydrogen) atoms. The zero-order valence-electron chi connectivity index (χ0n) is 19.1. The van der Waals surface area contributed by atoms with Gasteiger partial charge in [-0.05, 0) is 12.8 Å². The molecule has 0 atom stereocenters. The van der Waals surface area contributed by atoms with Crippen LogP contribution in [0, 0.1) is 0 Å². The predicted molar refractivity (Wildman–Crippen MR) is 119 cm³/mol. The molecule has 166 valence electrons. The van der Waals surface area contributed by atoms with Gasteiger partial charge in [-0.2, -0.15) is 0 Å². The second-order valence-electron chi connectivity index (χ2n) is 8.36. The van der Waals surface area contributed by atoms with Crippen LogP contribution in [0.3, 0.4) is 0 Å². The topological polar surface area (TPSA) is 43.4 Å². The minimum atomic E-state index is -0.333. The Balaban J connectivity index is 3.32. The van der Waals surface area contributed by atoms with Gasteiger partial charge in [-0.3, -0.25) is 9.59 Å². The minimum Gasteiger partial charge on any atom is -0.393 e. The van der Waals surface area contributed by atoms with Gasteiger partial charge in [-0.25, -0.2) is 0 Å². The summed E-state index contributed by atoms with van der Waals surface area (Å²) >= 11 is 0. The Labute approximate surface area is 175 Å². The van der Waals surface area contributed by atoms with E-state index in [1.54, 1.807) is 0 Å². The summed E-state index contributed by atoms with van der Waals surface area (Å²) in [5.74, 6) is -0.666. The van der Waals surface area contributed by atoms with Crippen LogP contribution in [0.15, 0.2) is 0 Å². The first-order chi connectivity index (χ1) is 13.7. The van der Waals surface area contributed by atoms with Gasteiger partial charge in [0.25, 0.3) is 0 Å². The van der Waals surface area contributed by atoms with Crippen LogP contribution >= 0.6 is 0 Å². The smallest absolute Gasteiger partial charge is 0.313 e. The highest BCUT2D eigenvalue weighted by molar-refractivity contribution is 5.85. The lowest BCUT2D eigenvalue weighted by atomic mass is 10.1. The minimum absolute atomic E-state index is 0.333. The van der Waals surface area contributed by atoms with Gasteiger partial charge in [0, 0.05) is 12.8 Å². The van der Waals surface area contributed by atoms with Crippen LogP contribution in [0.25, 0.3) is 0 Å². The number of esters is 2. The number of carbonyl (C=O) groups excluding carboxylic acids is 2. The first-order valence-electron chi connectivity index (χ1n) is 12.4. The van der Waals surface area contributed by atoms with Crippen molar-refractivity contribution in [2.75, 3.05) is 0 Å². The van der Waals surface area contributed by atoms with E-state index in [-0.39, 0.29) is 11.9 Å². The molecule has 0 saturated heterocycles. The summed E-state index contributed by atoms with van der Waals surface area (Å²) in [4.78, 5) is 23.4. The van der Waals surface area contributed by atoms with Crippen LogP contribution in [-0.4, -0.2) is 11.9 Å². The van der Waals surface area contributed by atoms with Crippen molar-refractivity contribution in [2.24, 2.45) is 0 Å². The zero-order chi connectivity index (χ0) is 20.7. The van der Waals surface area contributed by atoms with Gasteiger partial charge in [0.1, 0.15) is 0 Å². The summed E-state index contributed by atoms with van der Waals surface area (Å²) in [5.41, 5.74) is 0. The third-order valence-corrected chi connectivity index (χ3v) is 5.45. The van der Waals surface area contributed by atoms with E-state index in [1.807, 2.05) is 0 Å².